The van der Waals surface area contributed by atoms with Gasteiger partial charge in [0.15, 0.2) is 0 Å². The number of anilines is 1. The first kappa shape index (κ1) is 27.0. The summed E-state index contributed by atoms with van der Waals surface area (Å²) in [5.41, 5.74) is -1.62. The summed E-state index contributed by atoms with van der Waals surface area (Å²) in [6, 6.07) is 5.02. The fourth-order valence-electron chi connectivity index (χ4n) is 2.97. The van der Waals surface area contributed by atoms with E-state index in [1.165, 1.54) is 0 Å². The van der Waals surface area contributed by atoms with Crippen LogP contribution in [0.5, 0.6) is 0 Å². The van der Waals surface area contributed by atoms with Gasteiger partial charge in [0, 0.05) is 12.1 Å². The lowest BCUT2D eigenvalue weighted by Crippen LogP contribution is -2.30. The number of hydrogen-bond donors (Lipinski definition) is 2. The van der Waals surface area contributed by atoms with Gasteiger partial charge in [-0.25, -0.2) is 17.5 Å². The van der Waals surface area contributed by atoms with Crippen LogP contribution in [0, 0.1) is 5.82 Å². The number of halogens is 5. The quantitative estimate of drug-likeness (QED) is 0.357. The molecule has 2 N–H and O–H groups in total. The van der Waals surface area contributed by atoms with Crippen LogP contribution < -0.4 is 10.0 Å². The van der Waals surface area contributed by atoms with Gasteiger partial charge in [-0.05, 0) is 62.5 Å². The summed E-state index contributed by atoms with van der Waals surface area (Å²) < 4.78 is 80.4. The highest BCUT2D eigenvalue weighted by atomic mass is 35.5. The molecular formula is C21H24ClF4N3O3S. The molecule has 33 heavy (non-hydrogen) atoms. The second kappa shape index (κ2) is 11.3. The maximum atomic E-state index is 14.2. The largest absolute Gasteiger partial charge is 0.416 e. The number of benzene rings is 2. The minimum atomic E-state index is -4.65. The Labute approximate surface area is 195 Å². The summed E-state index contributed by atoms with van der Waals surface area (Å²) >= 11 is 5.87. The zero-order valence-electron chi connectivity index (χ0n) is 18.0. The normalized spacial score (nSPS) is 12.2. The van der Waals surface area contributed by atoms with E-state index < -0.39 is 38.4 Å². The van der Waals surface area contributed by atoms with Gasteiger partial charge in [0.2, 0.25) is 10.0 Å². The van der Waals surface area contributed by atoms with Crippen molar-refractivity contribution >= 4 is 33.2 Å². The van der Waals surface area contributed by atoms with Crippen LogP contribution >= 0.6 is 11.6 Å². The Balaban J connectivity index is 2.18. The van der Waals surface area contributed by atoms with Crippen molar-refractivity contribution in [1.82, 2.24) is 9.62 Å². The fraction of sp³-hybridized carbons (Fsp3) is 0.381. The predicted molar refractivity (Wildman–Crippen MR) is 118 cm³/mol. The van der Waals surface area contributed by atoms with Crippen molar-refractivity contribution in [3.05, 3.63) is 58.4 Å². The lowest BCUT2D eigenvalue weighted by atomic mass is 10.1. The predicted octanol–water partition coefficient (Wildman–Crippen LogP) is 4.76. The molecule has 2 rings (SSSR count). The minimum absolute atomic E-state index is 0.0640. The Hall–Kier alpha value is -2.21. The molecule has 1 amide bonds. The van der Waals surface area contributed by atoms with Crippen LogP contribution in [0.4, 0.5) is 23.2 Å². The zero-order chi connectivity index (χ0) is 24.8. The first-order valence-electron chi connectivity index (χ1n) is 10.1. The lowest BCUT2D eigenvalue weighted by molar-refractivity contribution is -0.137. The Morgan fingerprint density at radius 2 is 1.76 bits per heavy atom. The highest BCUT2D eigenvalue weighted by Crippen LogP contribution is 2.34. The molecule has 0 saturated carbocycles. The highest BCUT2D eigenvalue weighted by molar-refractivity contribution is 7.89. The van der Waals surface area contributed by atoms with Crippen molar-refractivity contribution in [2.24, 2.45) is 0 Å². The summed E-state index contributed by atoms with van der Waals surface area (Å²) in [6.07, 6.45) is -4.16. The Kier molecular flexibility index (Phi) is 9.24. The molecule has 0 aliphatic heterocycles. The van der Waals surface area contributed by atoms with E-state index in [-0.39, 0.29) is 22.8 Å². The summed E-state index contributed by atoms with van der Waals surface area (Å²) in [5, 5.41) is 2.05. The molecule has 0 radical (unpaired) electrons. The summed E-state index contributed by atoms with van der Waals surface area (Å²) in [7, 11) is -4.26. The van der Waals surface area contributed by atoms with Crippen molar-refractivity contribution < 1.29 is 30.8 Å². The first-order chi connectivity index (χ1) is 15.4. The standard InChI is InChI=1S/C21H24ClF4N3O3S/c1-3-29(4-2)11-5-10-27-33(31,32)19-12-14(6-9-17(19)23)20(30)28-18-13-15(21(24,25)26)7-8-16(18)22/h6-9,12-13,27H,3-5,10-11H2,1-2H3,(H,28,30). The van der Waals surface area contributed by atoms with Crippen LogP contribution in [0.25, 0.3) is 0 Å². The molecule has 12 heteroatoms. The number of nitrogens with zero attached hydrogens (tertiary/aromatic N) is 1. The molecule has 0 aliphatic carbocycles. The SMILES string of the molecule is CCN(CC)CCCNS(=O)(=O)c1cc(C(=O)Nc2cc(C(F)(F)F)ccc2Cl)ccc1F. The number of carbonyl (C=O) groups excluding carboxylic acids is 1. The van der Waals surface area contributed by atoms with Gasteiger partial charge in [-0.15, -0.1) is 0 Å². The van der Waals surface area contributed by atoms with E-state index in [9.17, 15) is 30.8 Å². The van der Waals surface area contributed by atoms with Gasteiger partial charge >= 0.3 is 6.18 Å². The number of nitrogens with one attached hydrogen (secondary N) is 2. The molecule has 2 aromatic carbocycles. The number of hydrogen-bond acceptors (Lipinski definition) is 4. The van der Waals surface area contributed by atoms with Gasteiger partial charge in [-0.3, -0.25) is 4.79 Å². The van der Waals surface area contributed by atoms with Crippen LogP contribution in [0.1, 0.15) is 36.2 Å². The van der Waals surface area contributed by atoms with Crippen LogP contribution in [-0.2, 0) is 16.2 Å². The van der Waals surface area contributed by atoms with Crippen LogP contribution in [0.15, 0.2) is 41.3 Å². The van der Waals surface area contributed by atoms with Gasteiger partial charge in [-0.2, -0.15) is 13.2 Å². The van der Waals surface area contributed by atoms with Crippen molar-refractivity contribution in [2.45, 2.75) is 31.3 Å². The van der Waals surface area contributed by atoms with Crippen molar-refractivity contribution in [1.29, 1.82) is 0 Å². The van der Waals surface area contributed by atoms with Crippen molar-refractivity contribution in [3.63, 3.8) is 0 Å². The monoisotopic (exact) mass is 509 g/mol. The number of carbonyl (C=O) groups is 1. The second-order valence-electron chi connectivity index (χ2n) is 7.07. The van der Waals surface area contributed by atoms with Gasteiger partial charge < -0.3 is 10.2 Å². The Morgan fingerprint density at radius 3 is 2.36 bits per heavy atom. The van der Waals surface area contributed by atoms with Crippen LogP contribution in [-0.4, -0.2) is 45.4 Å². The lowest BCUT2D eigenvalue weighted by Gasteiger charge is -2.17. The molecular weight excluding hydrogens is 486 g/mol. The molecule has 0 fully saturated rings. The average molecular weight is 510 g/mol. The number of alkyl halides is 3. The van der Waals surface area contributed by atoms with E-state index in [1.807, 2.05) is 13.8 Å². The first-order valence-corrected chi connectivity index (χ1v) is 11.9. The zero-order valence-corrected chi connectivity index (χ0v) is 19.5. The van der Waals surface area contributed by atoms with E-state index >= 15 is 0 Å². The Bertz CT molecular complexity index is 1090. The topological polar surface area (TPSA) is 78.5 Å². The van der Waals surface area contributed by atoms with Crippen LogP contribution in [0.3, 0.4) is 0 Å². The van der Waals surface area contributed by atoms with Gasteiger partial charge in [-0.1, -0.05) is 25.4 Å². The van der Waals surface area contributed by atoms with Crippen LogP contribution in [0.2, 0.25) is 5.02 Å². The summed E-state index contributed by atoms with van der Waals surface area (Å²) in [4.78, 5) is 13.9. The van der Waals surface area contributed by atoms with E-state index in [1.54, 1.807) is 0 Å². The molecule has 2 aromatic rings. The van der Waals surface area contributed by atoms with E-state index in [0.29, 0.717) is 19.0 Å². The van der Waals surface area contributed by atoms with E-state index in [4.69, 9.17) is 11.6 Å². The van der Waals surface area contributed by atoms with Gasteiger partial charge in [0.25, 0.3) is 5.91 Å². The molecule has 0 unspecified atom stereocenters. The molecule has 0 saturated heterocycles. The number of sulfonamides is 1. The molecule has 6 nitrogen and oxygen atoms in total. The maximum absolute atomic E-state index is 14.2. The van der Waals surface area contributed by atoms with E-state index in [0.717, 1.165) is 43.4 Å². The highest BCUT2D eigenvalue weighted by Gasteiger charge is 2.31. The average Bonchev–Trinajstić information content (AvgIpc) is 2.74. The second-order valence-corrected chi connectivity index (χ2v) is 9.21. The maximum Gasteiger partial charge on any atom is 0.416 e. The molecule has 0 atom stereocenters. The molecule has 0 spiro atoms. The van der Waals surface area contributed by atoms with Gasteiger partial charge in [0.05, 0.1) is 16.3 Å². The molecule has 0 aliphatic rings. The van der Waals surface area contributed by atoms with Gasteiger partial charge in [0.1, 0.15) is 10.7 Å². The van der Waals surface area contributed by atoms with Crippen molar-refractivity contribution in [2.75, 3.05) is 31.5 Å². The molecule has 182 valence electrons. The minimum Gasteiger partial charge on any atom is -0.321 e. The third-order valence-corrected chi connectivity index (χ3v) is 6.67. The van der Waals surface area contributed by atoms with E-state index in [2.05, 4.69) is 14.9 Å². The molecule has 0 aromatic heterocycles. The number of amides is 1. The Morgan fingerprint density at radius 1 is 1.09 bits per heavy atom. The summed E-state index contributed by atoms with van der Waals surface area (Å²) in [6.45, 7) is 6.29. The van der Waals surface area contributed by atoms with Crippen molar-refractivity contribution in [3.8, 4) is 0 Å². The third kappa shape index (κ3) is 7.39. The third-order valence-electron chi connectivity index (χ3n) is 4.86. The molecule has 0 bridgehead atoms. The smallest absolute Gasteiger partial charge is 0.321 e. The summed E-state index contributed by atoms with van der Waals surface area (Å²) in [5.74, 6) is -2.02. The number of rotatable bonds is 10. The fourth-order valence-corrected chi connectivity index (χ4v) is 4.31. The molecule has 0 heterocycles.